The van der Waals surface area contributed by atoms with Crippen LogP contribution in [0.2, 0.25) is 0 Å². The lowest BCUT2D eigenvalue weighted by atomic mass is 10.1. The number of rotatable bonds is 8. The van der Waals surface area contributed by atoms with Gasteiger partial charge in [0.1, 0.15) is 5.75 Å². The average Bonchev–Trinajstić information content (AvgIpc) is 3.39. The standard InChI is InChI=1S/C28H24N2O6/c1-2-33-28(32)20-9-10-22-21(13-20)25(14-23(30-22)19-6-4-3-5-7-19)34-16-27(31)29-15-18-8-11-24-26(12-18)36-17-35-24/h3-14H,2,15-17H2,1H3,(H,29,31). The van der Waals surface area contributed by atoms with Crippen molar-refractivity contribution in [3.05, 3.63) is 83.9 Å². The summed E-state index contributed by atoms with van der Waals surface area (Å²) < 4.78 is 21.8. The number of amides is 1. The average molecular weight is 485 g/mol. The van der Waals surface area contributed by atoms with Gasteiger partial charge in [-0.2, -0.15) is 0 Å². The number of esters is 1. The van der Waals surface area contributed by atoms with Crippen LogP contribution in [-0.4, -0.2) is 36.9 Å². The fourth-order valence-corrected chi connectivity index (χ4v) is 3.86. The molecule has 1 aliphatic heterocycles. The molecular formula is C28H24N2O6. The van der Waals surface area contributed by atoms with E-state index in [1.165, 1.54) is 0 Å². The summed E-state index contributed by atoms with van der Waals surface area (Å²) in [5.74, 6) is 1.07. The third kappa shape index (κ3) is 5.07. The van der Waals surface area contributed by atoms with Gasteiger partial charge in [-0.05, 0) is 42.8 Å². The number of pyridine rings is 1. The fraction of sp³-hybridized carbons (Fsp3) is 0.179. The second-order valence-electron chi connectivity index (χ2n) is 8.08. The van der Waals surface area contributed by atoms with E-state index in [0.29, 0.717) is 46.0 Å². The molecule has 0 aliphatic carbocycles. The molecule has 1 N–H and O–H groups in total. The van der Waals surface area contributed by atoms with Gasteiger partial charge < -0.3 is 24.3 Å². The number of fused-ring (bicyclic) bond motifs is 2. The highest BCUT2D eigenvalue weighted by molar-refractivity contribution is 5.97. The van der Waals surface area contributed by atoms with Crippen molar-refractivity contribution in [1.82, 2.24) is 10.3 Å². The molecule has 8 nitrogen and oxygen atoms in total. The van der Waals surface area contributed by atoms with Crippen molar-refractivity contribution in [1.29, 1.82) is 0 Å². The number of nitrogens with one attached hydrogen (secondary N) is 1. The lowest BCUT2D eigenvalue weighted by Gasteiger charge is -2.13. The first kappa shape index (κ1) is 23.2. The summed E-state index contributed by atoms with van der Waals surface area (Å²) in [6, 6.07) is 22.1. The van der Waals surface area contributed by atoms with Crippen molar-refractivity contribution in [2.24, 2.45) is 0 Å². The summed E-state index contributed by atoms with van der Waals surface area (Å²) in [4.78, 5) is 29.6. The van der Waals surface area contributed by atoms with Gasteiger partial charge >= 0.3 is 5.97 Å². The molecule has 5 rings (SSSR count). The summed E-state index contributed by atoms with van der Waals surface area (Å²) in [5.41, 5.74) is 3.51. The normalized spacial score (nSPS) is 11.8. The molecule has 0 unspecified atom stereocenters. The summed E-state index contributed by atoms with van der Waals surface area (Å²) >= 11 is 0. The van der Waals surface area contributed by atoms with E-state index in [4.69, 9.17) is 23.9 Å². The highest BCUT2D eigenvalue weighted by atomic mass is 16.7. The first-order chi connectivity index (χ1) is 17.6. The van der Waals surface area contributed by atoms with Crippen molar-refractivity contribution in [3.63, 3.8) is 0 Å². The van der Waals surface area contributed by atoms with E-state index in [2.05, 4.69) is 5.32 Å². The number of carbonyl (C=O) groups is 2. The maximum absolute atomic E-state index is 12.6. The predicted octanol–water partition coefficient (Wildman–Crippen LogP) is 4.50. The van der Waals surface area contributed by atoms with Crippen LogP contribution in [0.5, 0.6) is 17.2 Å². The molecule has 8 heteroatoms. The highest BCUT2D eigenvalue weighted by Gasteiger charge is 2.16. The lowest BCUT2D eigenvalue weighted by Crippen LogP contribution is -2.28. The molecule has 1 aliphatic rings. The summed E-state index contributed by atoms with van der Waals surface area (Å²) in [6.45, 7) is 2.33. The van der Waals surface area contributed by atoms with Crippen molar-refractivity contribution < 1.29 is 28.5 Å². The van der Waals surface area contributed by atoms with Crippen LogP contribution in [-0.2, 0) is 16.1 Å². The van der Waals surface area contributed by atoms with Crippen molar-refractivity contribution >= 4 is 22.8 Å². The Balaban J connectivity index is 1.36. The Morgan fingerprint density at radius 3 is 2.64 bits per heavy atom. The minimum atomic E-state index is -0.432. The molecule has 0 bridgehead atoms. The molecule has 0 fully saturated rings. The quantitative estimate of drug-likeness (QED) is 0.368. The van der Waals surface area contributed by atoms with Crippen LogP contribution in [0.3, 0.4) is 0 Å². The van der Waals surface area contributed by atoms with Gasteiger partial charge in [0.2, 0.25) is 6.79 Å². The van der Waals surface area contributed by atoms with Crippen LogP contribution >= 0.6 is 0 Å². The molecule has 0 spiro atoms. The summed E-state index contributed by atoms with van der Waals surface area (Å²) in [7, 11) is 0. The molecule has 3 aromatic carbocycles. The molecule has 2 heterocycles. The summed E-state index contributed by atoms with van der Waals surface area (Å²) in [5, 5.41) is 3.47. The Bertz CT molecular complexity index is 1420. The number of aromatic nitrogens is 1. The molecule has 182 valence electrons. The number of nitrogens with zero attached hydrogens (tertiary/aromatic N) is 1. The first-order valence-corrected chi connectivity index (χ1v) is 11.6. The van der Waals surface area contributed by atoms with E-state index in [-0.39, 0.29) is 25.9 Å². The Kier molecular flexibility index (Phi) is 6.66. The Labute approximate surface area is 207 Å². The number of carbonyl (C=O) groups excluding carboxylic acids is 2. The van der Waals surface area contributed by atoms with Gasteiger partial charge in [0.25, 0.3) is 5.91 Å². The number of ether oxygens (including phenoxy) is 4. The van der Waals surface area contributed by atoms with Gasteiger partial charge in [-0.25, -0.2) is 9.78 Å². The zero-order valence-electron chi connectivity index (χ0n) is 19.7. The largest absolute Gasteiger partial charge is 0.483 e. The molecule has 4 aromatic rings. The fourth-order valence-electron chi connectivity index (χ4n) is 3.86. The van der Waals surface area contributed by atoms with Crippen LogP contribution in [0.15, 0.2) is 72.8 Å². The van der Waals surface area contributed by atoms with Crippen LogP contribution in [0.25, 0.3) is 22.2 Å². The van der Waals surface area contributed by atoms with Crippen molar-refractivity contribution in [2.45, 2.75) is 13.5 Å². The molecule has 1 amide bonds. The topological polar surface area (TPSA) is 96.0 Å². The predicted molar refractivity (Wildman–Crippen MR) is 133 cm³/mol. The SMILES string of the molecule is CCOC(=O)c1ccc2nc(-c3ccccc3)cc(OCC(=O)NCc3ccc4c(c3)OCO4)c2c1. The Morgan fingerprint density at radius 2 is 1.81 bits per heavy atom. The third-order valence-corrected chi connectivity index (χ3v) is 5.64. The van der Waals surface area contributed by atoms with E-state index < -0.39 is 5.97 Å². The second-order valence-corrected chi connectivity index (χ2v) is 8.08. The van der Waals surface area contributed by atoms with Gasteiger partial charge in [0, 0.05) is 23.6 Å². The van der Waals surface area contributed by atoms with E-state index in [0.717, 1.165) is 11.1 Å². The maximum atomic E-state index is 12.6. The van der Waals surface area contributed by atoms with Crippen LogP contribution in [0.4, 0.5) is 0 Å². The number of hydrogen-bond donors (Lipinski definition) is 1. The monoisotopic (exact) mass is 484 g/mol. The van der Waals surface area contributed by atoms with Crippen LogP contribution < -0.4 is 19.5 Å². The minimum Gasteiger partial charge on any atom is -0.483 e. The summed E-state index contributed by atoms with van der Waals surface area (Å²) in [6.07, 6.45) is 0. The van der Waals surface area contributed by atoms with Gasteiger partial charge in [-0.15, -0.1) is 0 Å². The van der Waals surface area contributed by atoms with Crippen LogP contribution in [0, 0.1) is 0 Å². The smallest absolute Gasteiger partial charge is 0.338 e. The molecule has 0 saturated heterocycles. The first-order valence-electron chi connectivity index (χ1n) is 11.6. The minimum absolute atomic E-state index is 0.196. The number of hydrogen-bond acceptors (Lipinski definition) is 7. The second kappa shape index (κ2) is 10.4. The number of benzene rings is 3. The third-order valence-electron chi connectivity index (χ3n) is 5.64. The molecule has 36 heavy (non-hydrogen) atoms. The molecule has 0 saturated carbocycles. The lowest BCUT2D eigenvalue weighted by molar-refractivity contribution is -0.123. The highest BCUT2D eigenvalue weighted by Crippen LogP contribution is 2.33. The Hall–Kier alpha value is -4.59. The van der Waals surface area contributed by atoms with Gasteiger partial charge in [0.15, 0.2) is 18.1 Å². The molecule has 1 aromatic heterocycles. The molecule has 0 atom stereocenters. The van der Waals surface area contributed by atoms with Crippen molar-refractivity contribution in [3.8, 4) is 28.5 Å². The van der Waals surface area contributed by atoms with Crippen molar-refractivity contribution in [2.75, 3.05) is 20.0 Å². The molecular weight excluding hydrogens is 460 g/mol. The zero-order chi connectivity index (χ0) is 24.9. The maximum Gasteiger partial charge on any atom is 0.338 e. The Morgan fingerprint density at radius 1 is 0.972 bits per heavy atom. The van der Waals surface area contributed by atoms with E-state index in [1.807, 2.05) is 48.5 Å². The van der Waals surface area contributed by atoms with E-state index in [9.17, 15) is 9.59 Å². The molecule has 0 radical (unpaired) electrons. The van der Waals surface area contributed by atoms with E-state index in [1.54, 1.807) is 31.2 Å². The van der Waals surface area contributed by atoms with E-state index >= 15 is 0 Å². The zero-order valence-corrected chi connectivity index (χ0v) is 19.7. The van der Waals surface area contributed by atoms with Gasteiger partial charge in [-0.1, -0.05) is 36.4 Å². The van der Waals surface area contributed by atoms with Gasteiger partial charge in [0.05, 0.1) is 23.4 Å². The van der Waals surface area contributed by atoms with Gasteiger partial charge in [-0.3, -0.25) is 4.79 Å². The van der Waals surface area contributed by atoms with Crippen LogP contribution in [0.1, 0.15) is 22.8 Å².